The van der Waals surface area contributed by atoms with E-state index in [4.69, 9.17) is 18.9 Å². The first-order chi connectivity index (χ1) is 21.1. The van der Waals surface area contributed by atoms with Crippen LogP contribution >= 0.6 is 0 Å². The van der Waals surface area contributed by atoms with E-state index in [9.17, 15) is 18.0 Å². The van der Waals surface area contributed by atoms with Crippen molar-refractivity contribution in [3.8, 4) is 28.4 Å². The molecule has 8 heteroatoms. The largest absolute Gasteiger partial charge is 0.492 e. The van der Waals surface area contributed by atoms with Crippen molar-refractivity contribution in [2.45, 2.75) is 57.9 Å². The number of carbonyl (C=O) groups excluding carboxylic acids is 1. The lowest BCUT2D eigenvalue weighted by Crippen LogP contribution is -2.11. The van der Waals surface area contributed by atoms with Gasteiger partial charge in [-0.05, 0) is 89.9 Å². The minimum atomic E-state index is -4.53. The number of hydrogen-bond acceptors (Lipinski definition) is 5. The van der Waals surface area contributed by atoms with E-state index in [-0.39, 0.29) is 23.9 Å². The van der Waals surface area contributed by atoms with E-state index < -0.39 is 17.8 Å². The van der Waals surface area contributed by atoms with Crippen LogP contribution in [0.2, 0.25) is 0 Å². The van der Waals surface area contributed by atoms with E-state index in [0.717, 1.165) is 16.7 Å². The number of rotatable bonds is 8. The molecule has 1 aliphatic carbocycles. The predicted molar refractivity (Wildman–Crippen MR) is 160 cm³/mol. The molecule has 4 aromatic rings. The van der Waals surface area contributed by atoms with Crippen LogP contribution in [0.4, 0.5) is 13.2 Å². The first-order valence-electron chi connectivity index (χ1n) is 14.6. The van der Waals surface area contributed by atoms with Gasteiger partial charge in [0.25, 0.3) is 0 Å². The molecule has 0 amide bonds. The van der Waals surface area contributed by atoms with Crippen LogP contribution in [-0.4, -0.2) is 19.7 Å². The molecule has 1 heterocycles. The number of halogens is 3. The first-order valence-corrected chi connectivity index (χ1v) is 14.6. The van der Waals surface area contributed by atoms with Crippen LogP contribution in [-0.2, 0) is 28.7 Å². The molecule has 0 bridgehead atoms. The van der Waals surface area contributed by atoms with Gasteiger partial charge in [-0.15, -0.1) is 0 Å². The Labute approximate surface area is 254 Å². The van der Waals surface area contributed by atoms with Crippen molar-refractivity contribution >= 4 is 5.97 Å². The minimum absolute atomic E-state index is 0.0938. The van der Waals surface area contributed by atoms with Crippen molar-refractivity contribution < 1.29 is 36.9 Å². The van der Waals surface area contributed by atoms with Crippen LogP contribution in [0.1, 0.15) is 63.8 Å². The maximum atomic E-state index is 14.5. The number of fused-ring (bicyclic) bond motifs is 2. The third-order valence-corrected chi connectivity index (χ3v) is 8.45. The number of hydrogen-bond donors (Lipinski definition) is 0. The summed E-state index contributed by atoms with van der Waals surface area (Å²) in [5, 5.41) is 0. The number of benzene rings is 4. The molecule has 4 aromatic carbocycles. The molecular formula is C36H33F3O5. The van der Waals surface area contributed by atoms with Gasteiger partial charge in [0.2, 0.25) is 0 Å². The summed E-state index contributed by atoms with van der Waals surface area (Å²) in [4.78, 5) is 11.8. The van der Waals surface area contributed by atoms with Crippen LogP contribution in [0.3, 0.4) is 0 Å². The van der Waals surface area contributed by atoms with Crippen molar-refractivity contribution in [2.75, 3.05) is 13.7 Å². The average molecular weight is 603 g/mol. The number of esters is 1. The minimum Gasteiger partial charge on any atom is -0.492 e. The van der Waals surface area contributed by atoms with Gasteiger partial charge in [-0.25, -0.2) is 0 Å². The van der Waals surface area contributed by atoms with Gasteiger partial charge in [0.1, 0.15) is 30.0 Å². The molecule has 0 fully saturated rings. The van der Waals surface area contributed by atoms with E-state index in [0.29, 0.717) is 65.6 Å². The SMILES string of the molecule is COC(=O)C[C@@H]1COc2cc(O[C@@H]3CCc4c3ccc(C(F)(F)F)c4-c3c(C)cc(OCc4ccccc4)cc3C)ccc21. The third-order valence-electron chi connectivity index (χ3n) is 8.45. The van der Waals surface area contributed by atoms with Gasteiger partial charge in [0.05, 0.1) is 25.7 Å². The number of methoxy groups -OCH3 is 1. The normalized spacial score (nSPS) is 17.0. The first kappa shape index (κ1) is 29.6. The van der Waals surface area contributed by atoms with Crippen molar-refractivity contribution in [2.24, 2.45) is 0 Å². The van der Waals surface area contributed by atoms with E-state index in [2.05, 4.69) is 0 Å². The van der Waals surface area contributed by atoms with Gasteiger partial charge in [-0.1, -0.05) is 42.5 Å². The topological polar surface area (TPSA) is 54.0 Å². The van der Waals surface area contributed by atoms with Crippen LogP contribution in [0.25, 0.3) is 11.1 Å². The molecule has 0 aromatic heterocycles. The summed E-state index contributed by atoms with van der Waals surface area (Å²) >= 11 is 0. The summed E-state index contributed by atoms with van der Waals surface area (Å²) in [5.74, 6) is 1.42. The summed E-state index contributed by atoms with van der Waals surface area (Å²) < 4.78 is 66.4. The predicted octanol–water partition coefficient (Wildman–Crippen LogP) is 8.67. The maximum absolute atomic E-state index is 14.5. The molecule has 0 saturated heterocycles. The fourth-order valence-electron chi connectivity index (χ4n) is 6.40. The van der Waals surface area contributed by atoms with Crippen LogP contribution in [0.15, 0.2) is 72.8 Å². The Morgan fingerprint density at radius 3 is 2.34 bits per heavy atom. The highest BCUT2D eigenvalue weighted by atomic mass is 19.4. The Balaban J connectivity index is 1.30. The smallest absolute Gasteiger partial charge is 0.417 e. The molecule has 44 heavy (non-hydrogen) atoms. The highest BCUT2D eigenvalue weighted by molar-refractivity contribution is 5.80. The standard InChI is InChI=1S/C36H33F3O5/c1-21-15-26(42-19-23-7-5-4-6-8-23)16-22(2)34(21)35-29-12-14-31(28(29)11-13-30(35)36(37,38)39)44-25-9-10-27-24(17-33(40)41-3)20-43-32(27)18-25/h4-11,13,15-16,18,24,31H,12,14,17,19-20H2,1-3H3/t24-,31-/m1/s1. The number of alkyl halides is 3. The Bertz CT molecular complexity index is 1670. The molecule has 0 unspecified atom stereocenters. The van der Waals surface area contributed by atoms with Gasteiger partial charge in [-0.3, -0.25) is 4.79 Å². The second-order valence-electron chi connectivity index (χ2n) is 11.4. The zero-order valence-electron chi connectivity index (χ0n) is 24.8. The third kappa shape index (κ3) is 5.85. The Hall–Kier alpha value is -4.46. The molecule has 1 aliphatic heterocycles. The zero-order chi connectivity index (χ0) is 31.0. The average Bonchev–Trinajstić information content (AvgIpc) is 3.59. The fraction of sp³-hybridized carbons (Fsp3) is 0.306. The second-order valence-corrected chi connectivity index (χ2v) is 11.4. The summed E-state index contributed by atoms with van der Waals surface area (Å²) in [6, 6.07) is 21.6. The van der Waals surface area contributed by atoms with E-state index in [1.165, 1.54) is 13.2 Å². The van der Waals surface area contributed by atoms with E-state index >= 15 is 0 Å². The Morgan fingerprint density at radius 1 is 0.909 bits per heavy atom. The molecule has 0 spiro atoms. The summed E-state index contributed by atoms with van der Waals surface area (Å²) in [7, 11) is 1.36. The molecule has 5 nitrogen and oxygen atoms in total. The van der Waals surface area contributed by atoms with E-state index in [1.807, 2.05) is 68.4 Å². The lowest BCUT2D eigenvalue weighted by molar-refractivity contribution is -0.141. The summed E-state index contributed by atoms with van der Waals surface area (Å²) in [5.41, 5.74) is 4.90. The lowest BCUT2D eigenvalue weighted by Gasteiger charge is -2.22. The van der Waals surface area contributed by atoms with Crippen molar-refractivity contribution in [3.05, 3.63) is 112 Å². The Morgan fingerprint density at radius 2 is 1.64 bits per heavy atom. The van der Waals surface area contributed by atoms with Gasteiger partial charge in [-0.2, -0.15) is 13.2 Å². The van der Waals surface area contributed by atoms with Crippen molar-refractivity contribution in [3.63, 3.8) is 0 Å². The number of carbonyl (C=O) groups is 1. The van der Waals surface area contributed by atoms with Crippen LogP contribution < -0.4 is 14.2 Å². The molecular weight excluding hydrogens is 569 g/mol. The van der Waals surface area contributed by atoms with Gasteiger partial charge in [0, 0.05) is 17.5 Å². The van der Waals surface area contributed by atoms with Gasteiger partial charge in [0.15, 0.2) is 0 Å². The second kappa shape index (κ2) is 11.9. The lowest BCUT2D eigenvalue weighted by atomic mass is 9.86. The monoisotopic (exact) mass is 602 g/mol. The van der Waals surface area contributed by atoms with Gasteiger partial charge < -0.3 is 18.9 Å². The zero-order valence-corrected chi connectivity index (χ0v) is 24.8. The highest BCUT2D eigenvalue weighted by Gasteiger charge is 2.39. The van der Waals surface area contributed by atoms with Crippen molar-refractivity contribution in [1.82, 2.24) is 0 Å². The molecule has 0 N–H and O–H groups in total. The molecule has 6 rings (SSSR count). The summed E-state index contributed by atoms with van der Waals surface area (Å²) in [6.45, 7) is 4.40. The molecule has 0 saturated carbocycles. The van der Waals surface area contributed by atoms with Crippen molar-refractivity contribution in [1.29, 1.82) is 0 Å². The molecule has 2 atom stereocenters. The molecule has 228 valence electrons. The Kier molecular flexibility index (Phi) is 8.01. The summed E-state index contributed by atoms with van der Waals surface area (Å²) in [6.07, 6.45) is -3.72. The quantitative estimate of drug-likeness (QED) is 0.189. The molecule has 2 aliphatic rings. The number of ether oxygens (including phenoxy) is 4. The number of aryl methyl sites for hydroxylation is 2. The molecule has 0 radical (unpaired) electrons. The van der Waals surface area contributed by atoms with E-state index in [1.54, 1.807) is 12.1 Å². The maximum Gasteiger partial charge on any atom is 0.417 e. The van der Waals surface area contributed by atoms with Crippen LogP contribution in [0, 0.1) is 13.8 Å². The fourth-order valence-corrected chi connectivity index (χ4v) is 6.40. The van der Waals surface area contributed by atoms with Crippen LogP contribution in [0.5, 0.6) is 17.2 Å². The highest BCUT2D eigenvalue weighted by Crippen LogP contribution is 2.48. The van der Waals surface area contributed by atoms with Gasteiger partial charge >= 0.3 is 12.1 Å².